The maximum Gasteiger partial charge on any atom is 0.317 e. The Balaban J connectivity index is 1.48. The van der Waals surface area contributed by atoms with Crippen LogP contribution in [0.15, 0.2) is 48.5 Å². The molecule has 0 saturated heterocycles. The van der Waals surface area contributed by atoms with Gasteiger partial charge in [0.2, 0.25) is 0 Å². The number of benzene rings is 2. The van der Waals surface area contributed by atoms with Crippen molar-refractivity contribution < 1.29 is 18.7 Å². The number of nitrogens with one attached hydrogen (secondary N) is 1. The highest BCUT2D eigenvalue weighted by atomic mass is 19.1. The third kappa shape index (κ3) is 3.95. The van der Waals surface area contributed by atoms with Crippen LogP contribution in [0.5, 0.6) is 11.5 Å². The van der Waals surface area contributed by atoms with E-state index in [4.69, 9.17) is 9.47 Å². The van der Waals surface area contributed by atoms with E-state index in [1.54, 1.807) is 19.2 Å². The fourth-order valence-corrected chi connectivity index (χ4v) is 2.44. The van der Waals surface area contributed by atoms with Crippen molar-refractivity contribution in [3.8, 4) is 11.5 Å². The van der Waals surface area contributed by atoms with E-state index in [1.165, 1.54) is 17.0 Å². The third-order valence-corrected chi connectivity index (χ3v) is 3.73. The zero-order valence-corrected chi connectivity index (χ0v) is 13.4. The Labute approximate surface area is 140 Å². The SMILES string of the molecule is CN(Cc1ccc(F)cc1)C(=O)NCC1COc2ccccc2O1. The predicted octanol–water partition coefficient (Wildman–Crippen LogP) is 2.81. The number of nitrogens with zero attached hydrogens (tertiary/aromatic N) is 1. The minimum atomic E-state index is -0.291. The summed E-state index contributed by atoms with van der Waals surface area (Å²) in [4.78, 5) is 13.7. The van der Waals surface area contributed by atoms with Crippen LogP contribution in [0.2, 0.25) is 0 Å². The second-order valence-electron chi connectivity index (χ2n) is 5.67. The number of rotatable bonds is 4. The van der Waals surface area contributed by atoms with Gasteiger partial charge in [0.15, 0.2) is 17.6 Å². The molecule has 6 heteroatoms. The summed E-state index contributed by atoms with van der Waals surface area (Å²) in [5.41, 5.74) is 0.861. The maximum atomic E-state index is 12.9. The van der Waals surface area contributed by atoms with E-state index in [0.29, 0.717) is 31.2 Å². The summed E-state index contributed by atoms with van der Waals surface area (Å²) >= 11 is 0. The van der Waals surface area contributed by atoms with E-state index < -0.39 is 0 Å². The van der Waals surface area contributed by atoms with Crippen molar-refractivity contribution in [1.29, 1.82) is 0 Å². The molecular weight excluding hydrogens is 311 g/mol. The Kier molecular flexibility index (Phi) is 4.84. The first-order valence-corrected chi connectivity index (χ1v) is 7.74. The van der Waals surface area contributed by atoms with Gasteiger partial charge in [-0.3, -0.25) is 0 Å². The Morgan fingerprint density at radius 1 is 1.21 bits per heavy atom. The molecule has 2 aromatic carbocycles. The molecule has 1 unspecified atom stereocenters. The van der Waals surface area contributed by atoms with Crippen molar-refractivity contribution in [1.82, 2.24) is 10.2 Å². The summed E-state index contributed by atoms with van der Waals surface area (Å²) < 4.78 is 24.3. The van der Waals surface area contributed by atoms with Gasteiger partial charge in [0, 0.05) is 13.6 Å². The van der Waals surface area contributed by atoms with Crippen LogP contribution in [0.1, 0.15) is 5.56 Å². The smallest absolute Gasteiger partial charge is 0.317 e. The summed E-state index contributed by atoms with van der Waals surface area (Å²) in [7, 11) is 1.69. The second kappa shape index (κ2) is 7.21. The topological polar surface area (TPSA) is 50.8 Å². The van der Waals surface area contributed by atoms with E-state index >= 15 is 0 Å². The first kappa shape index (κ1) is 16.1. The normalized spacial score (nSPS) is 15.7. The average molecular weight is 330 g/mol. The van der Waals surface area contributed by atoms with Crippen molar-refractivity contribution in [2.24, 2.45) is 0 Å². The number of urea groups is 1. The van der Waals surface area contributed by atoms with Gasteiger partial charge in [0.1, 0.15) is 12.4 Å². The summed E-state index contributed by atoms with van der Waals surface area (Å²) in [5, 5.41) is 2.82. The standard InChI is InChI=1S/C18H19FN2O3/c1-21(11-13-6-8-14(19)9-7-13)18(22)20-10-15-12-23-16-4-2-3-5-17(16)24-15/h2-9,15H,10-12H2,1H3,(H,20,22). The minimum absolute atomic E-state index is 0.221. The highest BCUT2D eigenvalue weighted by molar-refractivity contribution is 5.73. The summed E-state index contributed by atoms with van der Waals surface area (Å²) in [5.74, 6) is 1.11. The van der Waals surface area contributed by atoms with E-state index in [-0.39, 0.29) is 18.0 Å². The van der Waals surface area contributed by atoms with Crippen LogP contribution >= 0.6 is 0 Å². The Hall–Kier alpha value is -2.76. The molecule has 1 N–H and O–H groups in total. The van der Waals surface area contributed by atoms with E-state index in [9.17, 15) is 9.18 Å². The number of para-hydroxylation sites is 2. The van der Waals surface area contributed by atoms with Crippen LogP contribution in [0.4, 0.5) is 9.18 Å². The molecule has 0 fully saturated rings. The highest BCUT2D eigenvalue weighted by Gasteiger charge is 2.21. The number of fused-ring (bicyclic) bond motifs is 1. The Morgan fingerprint density at radius 2 is 1.92 bits per heavy atom. The van der Waals surface area contributed by atoms with Gasteiger partial charge in [-0.05, 0) is 29.8 Å². The lowest BCUT2D eigenvalue weighted by Crippen LogP contribution is -2.44. The number of carbonyl (C=O) groups excluding carboxylic acids is 1. The number of hydrogen-bond acceptors (Lipinski definition) is 3. The molecule has 0 aromatic heterocycles. The average Bonchev–Trinajstić information content (AvgIpc) is 2.61. The molecule has 0 saturated carbocycles. The molecule has 0 bridgehead atoms. The van der Waals surface area contributed by atoms with Gasteiger partial charge >= 0.3 is 6.03 Å². The number of ether oxygens (including phenoxy) is 2. The lowest BCUT2D eigenvalue weighted by atomic mass is 10.2. The van der Waals surface area contributed by atoms with Crippen molar-refractivity contribution in [3.63, 3.8) is 0 Å². The summed E-state index contributed by atoms with van der Waals surface area (Å²) in [6.45, 7) is 1.14. The fourth-order valence-electron chi connectivity index (χ4n) is 2.44. The Morgan fingerprint density at radius 3 is 2.67 bits per heavy atom. The van der Waals surface area contributed by atoms with Crippen molar-refractivity contribution in [3.05, 3.63) is 59.9 Å². The molecule has 3 rings (SSSR count). The van der Waals surface area contributed by atoms with Crippen molar-refractivity contribution >= 4 is 6.03 Å². The minimum Gasteiger partial charge on any atom is -0.486 e. The van der Waals surface area contributed by atoms with Gasteiger partial charge in [0.25, 0.3) is 0 Å². The van der Waals surface area contributed by atoms with Gasteiger partial charge in [-0.1, -0.05) is 24.3 Å². The van der Waals surface area contributed by atoms with Gasteiger partial charge in [-0.25, -0.2) is 9.18 Å². The van der Waals surface area contributed by atoms with Crippen LogP contribution in [0.3, 0.4) is 0 Å². The first-order chi connectivity index (χ1) is 11.6. The first-order valence-electron chi connectivity index (χ1n) is 7.74. The fraction of sp³-hybridized carbons (Fsp3) is 0.278. The van der Waals surface area contributed by atoms with Crippen LogP contribution in [-0.2, 0) is 6.54 Å². The molecule has 126 valence electrons. The summed E-state index contributed by atoms with van der Waals surface area (Å²) in [6.07, 6.45) is -0.233. The molecule has 5 nitrogen and oxygen atoms in total. The zero-order valence-electron chi connectivity index (χ0n) is 13.4. The van der Waals surface area contributed by atoms with Gasteiger partial charge in [-0.2, -0.15) is 0 Å². The van der Waals surface area contributed by atoms with E-state index in [0.717, 1.165) is 5.56 Å². The molecule has 1 heterocycles. The number of carbonyl (C=O) groups is 1. The maximum absolute atomic E-state index is 12.9. The predicted molar refractivity (Wildman–Crippen MR) is 87.6 cm³/mol. The lowest BCUT2D eigenvalue weighted by molar-refractivity contribution is 0.0904. The van der Waals surface area contributed by atoms with Gasteiger partial charge in [0.05, 0.1) is 6.54 Å². The van der Waals surface area contributed by atoms with Crippen LogP contribution in [0, 0.1) is 5.82 Å². The van der Waals surface area contributed by atoms with E-state index in [2.05, 4.69) is 5.32 Å². The van der Waals surface area contributed by atoms with Crippen LogP contribution in [0.25, 0.3) is 0 Å². The van der Waals surface area contributed by atoms with Crippen LogP contribution in [-0.4, -0.2) is 37.2 Å². The van der Waals surface area contributed by atoms with Gasteiger partial charge in [-0.15, -0.1) is 0 Å². The molecule has 0 aliphatic carbocycles. The number of amides is 2. The van der Waals surface area contributed by atoms with Crippen LogP contribution < -0.4 is 14.8 Å². The molecule has 0 radical (unpaired) electrons. The zero-order chi connectivity index (χ0) is 16.9. The highest BCUT2D eigenvalue weighted by Crippen LogP contribution is 2.30. The third-order valence-electron chi connectivity index (χ3n) is 3.73. The molecule has 24 heavy (non-hydrogen) atoms. The Bertz CT molecular complexity index is 706. The second-order valence-corrected chi connectivity index (χ2v) is 5.67. The summed E-state index contributed by atoms with van der Waals surface area (Å²) in [6, 6.07) is 13.3. The quantitative estimate of drug-likeness (QED) is 0.938. The molecule has 1 atom stereocenters. The molecule has 2 amide bonds. The largest absolute Gasteiger partial charge is 0.486 e. The van der Waals surface area contributed by atoms with E-state index in [1.807, 2.05) is 24.3 Å². The molecule has 2 aromatic rings. The lowest BCUT2D eigenvalue weighted by Gasteiger charge is -2.27. The molecule has 1 aliphatic rings. The molecule has 0 spiro atoms. The number of halogens is 1. The molecular formula is C18H19FN2O3. The molecule has 1 aliphatic heterocycles. The number of hydrogen-bond donors (Lipinski definition) is 1. The van der Waals surface area contributed by atoms with Crippen molar-refractivity contribution in [2.75, 3.05) is 20.2 Å². The van der Waals surface area contributed by atoms with Crippen molar-refractivity contribution in [2.45, 2.75) is 12.6 Å². The van der Waals surface area contributed by atoms with Gasteiger partial charge < -0.3 is 19.7 Å². The monoisotopic (exact) mass is 330 g/mol.